The Morgan fingerprint density at radius 2 is 1.04 bits per heavy atom. The van der Waals surface area contributed by atoms with Gasteiger partial charge in [-0.2, -0.15) is 0 Å². The molecule has 0 bridgehead atoms. The first kappa shape index (κ1) is 30.3. The van der Waals surface area contributed by atoms with Crippen molar-refractivity contribution < 1.29 is 20.4 Å². The van der Waals surface area contributed by atoms with Crippen molar-refractivity contribution in [2.45, 2.75) is 6.54 Å². The van der Waals surface area contributed by atoms with Crippen LogP contribution in [-0.2, 0) is 6.54 Å². The normalized spacial score (nSPS) is 11.8. The molecule has 0 unspecified atom stereocenters. The van der Waals surface area contributed by atoms with E-state index in [9.17, 15) is 20.4 Å². The highest BCUT2D eigenvalue weighted by atomic mass is 32.1. The summed E-state index contributed by atoms with van der Waals surface area (Å²) in [6.07, 6.45) is 0. The number of phenolic OH excluding ortho intramolecular Hbond substituents is 4. The molecule has 0 spiro atoms. The summed E-state index contributed by atoms with van der Waals surface area (Å²) in [6, 6.07) is 36.1. The van der Waals surface area contributed by atoms with E-state index < -0.39 is 23.0 Å². The number of nitrogens with zero attached hydrogens (tertiary/aromatic N) is 1. The highest BCUT2D eigenvalue weighted by Crippen LogP contribution is 2.49. The number of aromatic hydroxyl groups is 4. The average molecular weight is 623 g/mol. The molecule has 7 aromatic rings. The number of thiophene rings is 1. The fraction of sp³-hybridized carbons (Fsp3) is 0.0263. The molecule has 0 fully saturated rings. The Kier molecular flexibility index (Phi) is 7.78. The second-order valence-electron chi connectivity index (χ2n) is 11.2. The van der Waals surface area contributed by atoms with Crippen LogP contribution in [0.25, 0.3) is 42.4 Å². The third-order valence-electron chi connectivity index (χ3n) is 8.34. The Morgan fingerprint density at radius 3 is 1.66 bits per heavy atom. The zero-order chi connectivity index (χ0) is 32.8. The standard InChI is InChI=1S/C38H24B3NO4S/c39-29-26(37-28(34(44)36(29)46)27-33(43)30(40)35(45)31(41)38(27)47-37)23-13-17-25(18-14-23)32(42-19-20-7-3-1-4-8-20)24-15-11-22(12-16-24)21-9-5-2-6-10-21/h1-18,43-46H,19H2. The zero-order valence-corrected chi connectivity index (χ0v) is 25.8. The second-order valence-corrected chi connectivity index (χ2v) is 12.2. The summed E-state index contributed by atoms with van der Waals surface area (Å²) in [7, 11) is 18.5. The summed E-state index contributed by atoms with van der Waals surface area (Å²) in [6.45, 7) is 0.487. The third kappa shape index (κ3) is 5.23. The molecular weight excluding hydrogens is 599 g/mol. The molecule has 47 heavy (non-hydrogen) atoms. The van der Waals surface area contributed by atoms with Gasteiger partial charge in [-0.3, -0.25) is 4.99 Å². The maximum absolute atomic E-state index is 11.0. The molecule has 9 heteroatoms. The van der Waals surface area contributed by atoms with Gasteiger partial charge in [0.25, 0.3) is 0 Å². The van der Waals surface area contributed by atoms with Gasteiger partial charge in [0.15, 0.2) is 11.5 Å². The Balaban J connectivity index is 1.35. The Morgan fingerprint density at radius 1 is 0.511 bits per heavy atom. The minimum atomic E-state index is -0.537. The lowest BCUT2D eigenvalue weighted by atomic mass is 9.81. The lowest BCUT2D eigenvalue weighted by molar-refractivity contribution is 0.411. The zero-order valence-electron chi connectivity index (χ0n) is 25.0. The number of benzene rings is 6. The molecule has 4 N–H and O–H groups in total. The molecule has 6 radical (unpaired) electrons. The van der Waals surface area contributed by atoms with Crippen LogP contribution in [0.2, 0.25) is 0 Å². The highest BCUT2D eigenvalue weighted by molar-refractivity contribution is 7.27. The van der Waals surface area contributed by atoms with E-state index in [1.807, 2.05) is 72.8 Å². The minimum Gasteiger partial charge on any atom is -0.509 e. The first-order valence-electron chi connectivity index (χ1n) is 14.8. The molecule has 5 nitrogen and oxygen atoms in total. The predicted octanol–water partition coefficient (Wildman–Crippen LogP) is 5.63. The number of hydrogen-bond donors (Lipinski definition) is 4. The Bertz CT molecular complexity index is 2320. The van der Waals surface area contributed by atoms with Crippen LogP contribution in [0.4, 0.5) is 0 Å². The number of fused-ring (bicyclic) bond motifs is 3. The molecule has 1 heterocycles. The van der Waals surface area contributed by atoms with Crippen LogP contribution in [-0.4, -0.2) is 49.7 Å². The van der Waals surface area contributed by atoms with E-state index in [2.05, 4.69) is 36.4 Å². The van der Waals surface area contributed by atoms with Crippen LogP contribution in [0, 0.1) is 0 Å². The molecule has 0 aliphatic heterocycles. The van der Waals surface area contributed by atoms with Crippen molar-refractivity contribution in [3.63, 3.8) is 0 Å². The molecule has 0 amide bonds. The van der Waals surface area contributed by atoms with E-state index in [-0.39, 0.29) is 27.2 Å². The van der Waals surface area contributed by atoms with Gasteiger partial charge in [0, 0.05) is 25.9 Å². The van der Waals surface area contributed by atoms with Crippen LogP contribution in [0.1, 0.15) is 16.7 Å². The molecule has 6 aromatic carbocycles. The van der Waals surface area contributed by atoms with Gasteiger partial charge in [-0.05, 0) is 44.2 Å². The molecule has 7 rings (SSSR count). The van der Waals surface area contributed by atoms with Crippen molar-refractivity contribution in [2.24, 2.45) is 4.99 Å². The van der Waals surface area contributed by atoms with Crippen LogP contribution >= 0.6 is 11.3 Å². The number of aliphatic imine (C=N–C) groups is 1. The molecular formula is C38H24B3NO4S. The topological polar surface area (TPSA) is 93.3 Å². The molecule has 0 atom stereocenters. The fourth-order valence-corrected chi connectivity index (χ4v) is 7.21. The summed E-state index contributed by atoms with van der Waals surface area (Å²) in [5, 5.41) is 43.4. The fourth-order valence-electron chi connectivity index (χ4n) is 5.87. The summed E-state index contributed by atoms with van der Waals surface area (Å²) in [4.78, 5) is 5.04. The molecule has 0 aliphatic rings. The highest BCUT2D eigenvalue weighted by Gasteiger charge is 2.25. The van der Waals surface area contributed by atoms with Gasteiger partial charge in [0.2, 0.25) is 0 Å². The molecule has 220 valence electrons. The summed E-state index contributed by atoms with van der Waals surface area (Å²) in [5.74, 6) is -1.96. The smallest absolute Gasteiger partial charge is 0.166 e. The Hall–Kier alpha value is -5.40. The van der Waals surface area contributed by atoms with Crippen LogP contribution in [0.5, 0.6) is 23.0 Å². The van der Waals surface area contributed by atoms with Crippen molar-refractivity contribution in [3.8, 4) is 45.3 Å². The van der Waals surface area contributed by atoms with Gasteiger partial charge >= 0.3 is 0 Å². The lowest BCUT2D eigenvalue weighted by Gasteiger charge is -2.15. The SMILES string of the molecule is [B]c1c(O)c(O)c2c(sc3c([B])c(O)c([B])c(O)c32)c1-c1ccc(C(=NCc2ccccc2)c2ccc(-c3ccccc3)cc2)cc1. The van der Waals surface area contributed by atoms with Gasteiger partial charge in [-0.15, -0.1) is 11.3 Å². The van der Waals surface area contributed by atoms with Crippen molar-refractivity contribution in [1.29, 1.82) is 0 Å². The minimum absolute atomic E-state index is 0.0426. The van der Waals surface area contributed by atoms with Gasteiger partial charge < -0.3 is 20.4 Å². The number of rotatable bonds is 6. The van der Waals surface area contributed by atoms with E-state index in [0.29, 0.717) is 27.1 Å². The third-order valence-corrected chi connectivity index (χ3v) is 9.58. The van der Waals surface area contributed by atoms with Gasteiger partial charge in [0.05, 0.1) is 17.6 Å². The monoisotopic (exact) mass is 623 g/mol. The van der Waals surface area contributed by atoms with E-state index in [1.54, 1.807) is 0 Å². The van der Waals surface area contributed by atoms with E-state index >= 15 is 0 Å². The van der Waals surface area contributed by atoms with E-state index in [4.69, 9.17) is 28.5 Å². The van der Waals surface area contributed by atoms with Crippen LogP contribution in [0.3, 0.4) is 0 Å². The lowest BCUT2D eigenvalue weighted by Crippen LogP contribution is -2.15. The van der Waals surface area contributed by atoms with Crippen LogP contribution < -0.4 is 16.4 Å². The van der Waals surface area contributed by atoms with Crippen molar-refractivity contribution in [3.05, 3.63) is 126 Å². The first-order chi connectivity index (χ1) is 22.7. The van der Waals surface area contributed by atoms with Gasteiger partial charge in [0.1, 0.15) is 35.0 Å². The molecule has 0 saturated heterocycles. The predicted molar refractivity (Wildman–Crippen MR) is 195 cm³/mol. The van der Waals surface area contributed by atoms with Crippen molar-refractivity contribution >= 4 is 77.1 Å². The van der Waals surface area contributed by atoms with E-state index in [0.717, 1.165) is 44.9 Å². The molecule has 0 aliphatic carbocycles. The summed E-state index contributed by atoms with van der Waals surface area (Å²) in [5.41, 5.74) is 6.60. The Labute approximate surface area is 279 Å². The first-order valence-corrected chi connectivity index (χ1v) is 15.6. The van der Waals surface area contributed by atoms with Gasteiger partial charge in [-0.25, -0.2) is 0 Å². The average Bonchev–Trinajstić information content (AvgIpc) is 3.51. The largest absolute Gasteiger partial charge is 0.509 e. The van der Waals surface area contributed by atoms with Crippen molar-refractivity contribution in [1.82, 2.24) is 0 Å². The maximum atomic E-state index is 11.0. The summed E-state index contributed by atoms with van der Waals surface area (Å²) >= 11 is 1.12. The second kappa shape index (κ2) is 12.1. The quantitative estimate of drug-likeness (QED) is 0.110. The summed E-state index contributed by atoms with van der Waals surface area (Å²) < 4.78 is 0.763. The van der Waals surface area contributed by atoms with Crippen LogP contribution in [0.15, 0.2) is 114 Å². The molecule has 1 aromatic heterocycles. The van der Waals surface area contributed by atoms with E-state index in [1.165, 1.54) is 0 Å². The van der Waals surface area contributed by atoms with Gasteiger partial charge in [-0.1, -0.05) is 109 Å². The maximum Gasteiger partial charge on any atom is 0.166 e. The van der Waals surface area contributed by atoms with Crippen molar-refractivity contribution in [2.75, 3.05) is 0 Å². The number of hydrogen-bond acceptors (Lipinski definition) is 6. The molecule has 0 saturated carbocycles. The number of phenols is 4.